The number of carboxylic acids is 1. The van der Waals surface area contributed by atoms with Crippen molar-refractivity contribution in [3.63, 3.8) is 0 Å². The van der Waals surface area contributed by atoms with E-state index in [0.717, 1.165) is 11.3 Å². The Bertz CT molecular complexity index is 882. The Balaban J connectivity index is 1.78. The molecule has 1 aliphatic heterocycles. The van der Waals surface area contributed by atoms with Crippen LogP contribution in [0.3, 0.4) is 0 Å². The zero-order valence-electron chi connectivity index (χ0n) is 15.1. The zero-order valence-corrected chi connectivity index (χ0v) is 15.1. The van der Waals surface area contributed by atoms with E-state index in [1.165, 1.54) is 0 Å². The van der Waals surface area contributed by atoms with Gasteiger partial charge in [0.15, 0.2) is 0 Å². The Kier molecular flexibility index (Phi) is 5.12. The van der Waals surface area contributed by atoms with E-state index in [1.807, 2.05) is 42.3 Å². The van der Waals surface area contributed by atoms with Gasteiger partial charge < -0.3 is 20.6 Å². The first kappa shape index (κ1) is 18.4. The Morgan fingerprint density at radius 3 is 2.59 bits per heavy atom. The summed E-state index contributed by atoms with van der Waals surface area (Å²) in [4.78, 5) is 37.9. The molecule has 3 N–H and O–H groups in total. The molecule has 2 amide bonds. The fraction of sp³-hybridized carbons (Fsp3) is 0.250. The lowest BCUT2D eigenvalue weighted by atomic mass is 10.0. The average Bonchev–Trinajstić information content (AvgIpc) is 2.66. The minimum atomic E-state index is -1.10. The number of anilines is 2. The molecule has 2 aromatic carbocycles. The molecular formula is C20H21N3O4. The van der Waals surface area contributed by atoms with E-state index < -0.39 is 17.9 Å². The predicted molar refractivity (Wildman–Crippen MR) is 102 cm³/mol. The summed E-state index contributed by atoms with van der Waals surface area (Å²) in [6.45, 7) is 1.79. The first-order chi connectivity index (χ1) is 12.9. The van der Waals surface area contributed by atoms with Gasteiger partial charge in [-0.3, -0.25) is 9.59 Å². The van der Waals surface area contributed by atoms with E-state index in [1.54, 1.807) is 25.1 Å². The number of hydrogen-bond donors (Lipinski definition) is 3. The van der Waals surface area contributed by atoms with Crippen LogP contribution in [0.2, 0.25) is 0 Å². The van der Waals surface area contributed by atoms with Gasteiger partial charge in [-0.1, -0.05) is 30.3 Å². The van der Waals surface area contributed by atoms with Crippen molar-refractivity contribution in [2.24, 2.45) is 0 Å². The molecule has 0 radical (unpaired) electrons. The number of carboxylic acid groups (broad SMARTS) is 1. The highest BCUT2D eigenvalue weighted by atomic mass is 16.4. The summed E-state index contributed by atoms with van der Waals surface area (Å²) in [6.07, 6.45) is 0.184. The Morgan fingerprint density at radius 2 is 1.93 bits per heavy atom. The molecule has 0 bridgehead atoms. The second-order valence-electron chi connectivity index (χ2n) is 6.56. The third kappa shape index (κ3) is 3.92. The zero-order chi connectivity index (χ0) is 19.6. The maximum absolute atomic E-state index is 12.6. The number of hydrogen-bond acceptors (Lipinski definition) is 4. The molecule has 2 aromatic rings. The lowest BCUT2D eigenvalue weighted by molar-refractivity contribution is -0.139. The van der Waals surface area contributed by atoms with E-state index in [0.29, 0.717) is 5.69 Å². The van der Waals surface area contributed by atoms with Crippen LogP contribution in [0, 0.1) is 0 Å². The lowest BCUT2D eigenvalue weighted by Gasteiger charge is -2.33. The van der Waals surface area contributed by atoms with Gasteiger partial charge in [-0.05, 0) is 30.7 Å². The number of nitrogens with one attached hydrogen (secondary N) is 2. The van der Waals surface area contributed by atoms with Gasteiger partial charge in [-0.15, -0.1) is 0 Å². The summed E-state index contributed by atoms with van der Waals surface area (Å²) < 4.78 is 0. The maximum atomic E-state index is 12.6. The van der Waals surface area contributed by atoms with Crippen molar-refractivity contribution >= 4 is 29.2 Å². The third-order valence-corrected chi connectivity index (χ3v) is 4.74. The highest BCUT2D eigenvalue weighted by Gasteiger charge is 2.28. The quantitative estimate of drug-likeness (QED) is 0.750. The molecule has 2 atom stereocenters. The molecule has 0 aromatic heterocycles. The van der Waals surface area contributed by atoms with Gasteiger partial charge in [0.1, 0.15) is 12.1 Å². The molecule has 140 valence electrons. The van der Waals surface area contributed by atoms with Crippen LogP contribution in [-0.2, 0) is 16.0 Å². The maximum Gasteiger partial charge on any atom is 0.326 e. The summed E-state index contributed by atoms with van der Waals surface area (Å²) in [5.41, 5.74) is 2.44. The third-order valence-electron chi connectivity index (χ3n) is 4.74. The normalized spacial score (nSPS) is 16.9. The molecule has 1 heterocycles. The van der Waals surface area contributed by atoms with Gasteiger partial charge in [0.05, 0.1) is 11.4 Å². The van der Waals surface area contributed by atoms with Crippen molar-refractivity contribution in [1.29, 1.82) is 0 Å². The summed E-state index contributed by atoms with van der Waals surface area (Å²) in [7, 11) is 1.81. The minimum Gasteiger partial charge on any atom is -0.480 e. The monoisotopic (exact) mass is 367 g/mol. The van der Waals surface area contributed by atoms with Gasteiger partial charge in [-0.2, -0.15) is 0 Å². The Labute approximate surface area is 157 Å². The van der Waals surface area contributed by atoms with Crippen LogP contribution >= 0.6 is 0 Å². The van der Waals surface area contributed by atoms with E-state index in [-0.39, 0.29) is 23.9 Å². The number of nitrogens with zero attached hydrogens (tertiary/aromatic N) is 1. The van der Waals surface area contributed by atoms with Crippen molar-refractivity contribution in [1.82, 2.24) is 5.32 Å². The van der Waals surface area contributed by atoms with Crippen molar-refractivity contribution in [3.8, 4) is 0 Å². The second-order valence-corrected chi connectivity index (χ2v) is 6.56. The molecule has 0 saturated heterocycles. The minimum absolute atomic E-state index is 0.157. The number of rotatable bonds is 5. The smallest absolute Gasteiger partial charge is 0.326 e. The number of carbonyl (C=O) groups is 3. The molecule has 1 unspecified atom stereocenters. The number of carbonyl (C=O) groups excluding carboxylic acids is 2. The van der Waals surface area contributed by atoms with Crippen LogP contribution in [-0.4, -0.2) is 42.0 Å². The average molecular weight is 367 g/mol. The first-order valence-corrected chi connectivity index (χ1v) is 8.62. The lowest BCUT2D eigenvalue weighted by Crippen LogP contribution is -2.44. The number of fused-ring (bicyclic) bond motifs is 1. The SMILES string of the molecule is CC1C(=O)Nc2cc(C(=O)N[C@H](Cc3ccccc3)C(=O)O)ccc2N1C. The van der Waals surface area contributed by atoms with Crippen LogP contribution in [0.25, 0.3) is 0 Å². The van der Waals surface area contributed by atoms with E-state index in [4.69, 9.17) is 0 Å². The van der Waals surface area contributed by atoms with Crippen LogP contribution in [0.15, 0.2) is 48.5 Å². The molecule has 0 aliphatic carbocycles. The van der Waals surface area contributed by atoms with E-state index in [2.05, 4.69) is 10.6 Å². The van der Waals surface area contributed by atoms with Gasteiger partial charge in [0.25, 0.3) is 5.91 Å². The molecule has 3 rings (SSSR count). The summed E-state index contributed by atoms with van der Waals surface area (Å²) in [5.74, 6) is -1.77. The van der Waals surface area contributed by atoms with Gasteiger partial charge >= 0.3 is 5.97 Å². The topological polar surface area (TPSA) is 98.7 Å². The molecule has 1 aliphatic rings. The van der Waals surface area contributed by atoms with E-state index >= 15 is 0 Å². The summed E-state index contributed by atoms with van der Waals surface area (Å²) >= 11 is 0. The number of likely N-dealkylation sites (N-methyl/N-ethyl adjacent to an activating group) is 1. The fourth-order valence-corrected chi connectivity index (χ4v) is 3.00. The second kappa shape index (κ2) is 7.49. The van der Waals surface area contributed by atoms with Crippen molar-refractivity contribution in [2.45, 2.75) is 25.4 Å². The molecule has 0 spiro atoms. The molecule has 7 nitrogen and oxygen atoms in total. The standard InChI is InChI=1S/C20H21N3O4/c1-12-18(24)21-15-11-14(8-9-17(15)23(12)2)19(25)22-16(20(26)27)10-13-6-4-3-5-7-13/h3-9,11-12,16H,10H2,1-2H3,(H,21,24)(H,22,25)(H,26,27)/t12?,16-/m1/s1. The Morgan fingerprint density at radius 1 is 1.22 bits per heavy atom. The summed E-state index contributed by atoms with van der Waals surface area (Å²) in [6, 6.07) is 12.7. The molecular weight excluding hydrogens is 346 g/mol. The largest absolute Gasteiger partial charge is 0.480 e. The molecule has 7 heteroatoms. The number of amides is 2. The van der Waals surface area contributed by atoms with Gasteiger partial charge in [0, 0.05) is 19.0 Å². The molecule has 0 fully saturated rings. The van der Waals surface area contributed by atoms with Crippen LogP contribution in [0.5, 0.6) is 0 Å². The first-order valence-electron chi connectivity index (χ1n) is 8.62. The van der Waals surface area contributed by atoms with Gasteiger partial charge in [-0.25, -0.2) is 4.79 Å². The highest BCUT2D eigenvalue weighted by molar-refractivity contribution is 6.05. The van der Waals surface area contributed by atoms with Crippen molar-refractivity contribution < 1.29 is 19.5 Å². The number of benzene rings is 2. The fourth-order valence-electron chi connectivity index (χ4n) is 3.00. The van der Waals surface area contributed by atoms with Crippen molar-refractivity contribution in [3.05, 3.63) is 59.7 Å². The van der Waals surface area contributed by atoms with Gasteiger partial charge in [0.2, 0.25) is 5.91 Å². The van der Waals surface area contributed by atoms with Crippen LogP contribution in [0.1, 0.15) is 22.8 Å². The summed E-state index contributed by atoms with van der Waals surface area (Å²) in [5, 5.41) is 14.8. The van der Waals surface area contributed by atoms with Crippen LogP contribution in [0.4, 0.5) is 11.4 Å². The van der Waals surface area contributed by atoms with Crippen molar-refractivity contribution in [2.75, 3.05) is 17.3 Å². The van der Waals surface area contributed by atoms with E-state index in [9.17, 15) is 19.5 Å². The number of aliphatic carboxylic acids is 1. The van der Waals surface area contributed by atoms with Crippen LogP contribution < -0.4 is 15.5 Å². The molecule has 0 saturated carbocycles. The molecule has 27 heavy (non-hydrogen) atoms. The highest BCUT2D eigenvalue weighted by Crippen LogP contribution is 2.31. The Hall–Kier alpha value is -3.35. The predicted octanol–water partition coefficient (Wildman–Crippen LogP) is 1.89.